The third-order valence-electron chi connectivity index (χ3n) is 5.29. The number of carbonyl (C=O) groups is 2. The highest BCUT2D eigenvalue weighted by atomic mass is 35.5. The molecule has 0 radical (unpaired) electrons. The van der Waals surface area contributed by atoms with Crippen LogP contribution in [0.4, 0.5) is 0 Å². The van der Waals surface area contributed by atoms with Crippen LogP contribution in [0.15, 0.2) is 42.5 Å². The molecule has 2 atom stereocenters. The van der Waals surface area contributed by atoms with Gasteiger partial charge in [-0.3, -0.25) is 9.59 Å². The lowest BCUT2D eigenvalue weighted by Crippen LogP contribution is -2.50. The molecule has 0 fully saturated rings. The van der Waals surface area contributed by atoms with Gasteiger partial charge in [0, 0.05) is 24.0 Å². The first-order valence-electron chi connectivity index (χ1n) is 10.5. The Morgan fingerprint density at radius 3 is 2.29 bits per heavy atom. The Kier molecular flexibility index (Phi) is 10.1. The SMILES string of the molecule is CC[C@H](C(=O)N[C@@H](C)CC)N(Cc1ccc(Cl)c(Cl)c1)C(=O)CCc1ccccc1Cl. The molecule has 31 heavy (non-hydrogen) atoms. The van der Waals surface area contributed by atoms with Gasteiger partial charge in [-0.15, -0.1) is 0 Å². The molecule has 0 unspecified atom stereocenters. The molecular weight excluding hydrogens is 455 g/mol. The lowest BCUT2D eigenvalue weighted by molar-refractivity contribution is -0.141. The second-order valence-electron chi connectivity index (χ2n) is 7.60. The van der Waals surface area contributed by atoms with Crippen LogP contribution in [0.25, 0.3) is 0 Å². The summed E-state index contributed by atoms with van der Waals surface area (Å²) in [6.07, 6.45) is 2.06. The number of carbonyl (C=O) groups excluding carboxylic acids is 2. The average molecular weight is 484 g/mol. The predicted octanol–water partition coefficient (Wildman–Crippen LogP) is 6.30. The molecular formula is C24H29Cl3N2O2. The molecule has 0 aliphatic rings. The van der Waals surface area contributed by atoms with Crippen LogP contribution in [0, 0.1) is 0 Å². The molecule has 0 aromatic heterocycles. The van der Waals surface area contributed by atoms with E-state index in [0.717, 1.165) is 17.5 Å². The quantitative estimate of drug-likeness (QED) is 0.431. The summed E-state index contributed by atoms with van der Waals surface area (Å²) >= 11 is 18.5. The van der Waals surface area contributed by atoms with Gasteiger partial charge in [-0.05, 0) is 55.5 Å². The highest BCUT2D eigenvalue weighted by Gasteiger charge is 2.29. The van der Waals surface area contributed by atoms with Crippen molar-refractivity contribution < 1.29 is 9.59 Å². The maximum atomic E-state index is 13.3. The van der Waals surface area contributed by atoms with Crippen molar-refractivity contribution in [2.45, 2.75) is 65.1 Å². The fourth-order valence-corrected chi connectivity index (χ4v) is 3.83. The van der Waals surface area contributed by atoms with Gasteiger partial charge in [0.15, 0.2) is 0 Å². The molecule has 168 valence electrons. The lowest BCUT2D eigenvalue weighted by Gasteiger charge is -2.31. The minimum atomic E-state index is -0.581. The van der Waals surface area contributed by atoms with Gasteiger partial charge >= 0.3 is 0 Å². The Labute approximate surface area is 199 Å². The van der Waals surface area contributed by atoms with E-state index in [9.17, 15) is 9.59 Å². The van der Waals surface area contributed by atoms with Crippen molar-refractivity contribution in [1.29, 1.82) is 0 Å². The second-order valence-corrected chi connectivity index (χ2v) is 8.83. The molecule has 2 rings (SSSR count). The second kappa shape index (κ2) is 12.3. The monoisotopic (exact) mass is 482 g/mol. The number of nitrogens with one attached hydrogen (secondary N) is 1. The lowest BCUT2D eigenvalue weighted by atomic mass is 10.1. The van der Waals surface area contributed by atoms with E-state index in [1.165, 1.54) is 0 Å². The van der Waals surface area contributed by atoms with Gasteiger partial charge in [-0.2, -0.15) is 0 Å². The molecule has 4 nitrogen and oxygen atoms in total. The first-order valence-corrected chi connectivity index (χ1v) is 11.7. The summed E-state index contributed by atoms with van der Waals surface area (Å²) in [7, 11) is 0. The van der Waals surface area contributed by atoms with Gasteiger partial charge in [-0.25, -0.2) is 0 Å². The van der Waals surface area contributed by atoms with Crippen molar-refractivity contribution in [3.8, 4) is 0 Å². The molecule has 2 aromatic rings. The maximum Gasteiger partial charge on any atom is 0.243 e. The van der Waals surface area contributed by atoms with Crippen LogP contribution in [0.3, 0.4) is 0 Å². The summed E-state index contributed by atoms with van der Waals surface area (Å²) in [5.41, 5.74) is 1.72. The van der Waals surface area contributed by atoms with Crippen molar-refractivity contribution in [3.63, 3.8) is 0 Å². The Hall–Kier alpha value is -1.75. The number of hydrogen-bond donors (Lipinski definition) is 1. The summed E-state index contributed by atoms with van der Waals surface area (Å²) in [4.78, 5) is 27.9. The number of halogens is 3. The van der Waals surface area contributed by atoms with Crippen LogP contribution in [0.5, 0.6) is 0 Å². The van der Waals surface area contributed by atoms with Crippen molar-refractivity contribution in [1.82, 2.24) is 10.2 Å². The number of nitrogens with zero attached hydrogens (tertiary/aromatic N) is 1. The largest absolute Gasteiger partial charge is 0.352 e. The summed E-state index contributed by atoms with van der Waals surface area (Å²) in [5.74, 6) is -0.264. The fourth-order valence-electron chi connectivity index (χ4n) is 3.28. The molecule has 0 heterocycles. The van der Waals surface area contributed by atoms with Crippen LogP contribution in [0.2, 0.25) is 15.1 Å². The highest BCUT2D eigenvalue weighted by Crippen LogP contribution is 2.25. The molecule has 0 saturated heterocycles. The van der Waals surface area contributed by atoms with E-state index < -0.39 is 6.04 Å². The van der Waals surface area contributed by atoms with E-state index in [1.807, 2.05) is 51.1 Å². The van der Waals surface area contributed by atoms with E-state index in [4.69, 9.17) is 34.8 Å². The summed E-state index contributed by atoms with van der Waals surface area (Å²) < 4.78 is 0. The van der Waals surface area contributed by atoms with Crippen LogP contribution in [0.1, 0.15) is 51.2 Å². The topological polar surface area (TPSA) is 49.4 Å². The van der Waals surface area contributed by atoms with Crippen LogP contribution in [-0.4, -0.2) is 28.8 Å². The van der Waals surface area contributed by atoms with E-state index in [0.29, 0.717) is 27.9 Å². The molecule has 0 aliphatic heterocycles. The first-order chi connectivity index (χ1) is 14.8. The summed E-state index contributed by atoms with van der Waals surface area (Å²) in [5, 5.41) is 4.50. The zero-order valence-corrected chi connectivity index (χ0v) is 20.4. The average Bonchev–Trinajstić information content (AvgIpc) is 2.75. The molecule has 0 spiro atoms. The molecule has 2 amide bonds. The van der Waals surface area contributed by atoms with Crippen molar-refractivity contribution in [2.24, 2.45) is 0 Å². The number of hydrogen-bond acceptors (Lipinski definition) is 2. The van der Waals surface area contributed by atoms with Gasteiger partial charge in [0.05, 0.1) is 10.0 Å². The van der Waals surface area contributed by atoms with Crippen molar-refractivity contribution >= 4 is 46.6 Å². The van der Waals surface area contributed by atoms with Gasteiger partial charge < -0.3 is 10.2 Å². The number of amides is 2. The minimum Gasteiger partial charge on any atom is -0.352 e. The van der Waals surface area contributed by atoms with Crippen molar-refractivity contribution in [2.75, 3.05) is 0 Å². The fraction of sp³-hybridized carbons (Fsp3) is 0.417. The Balaban J connectivity index is 2.26. The van der Waals surface area contributed by atoms with Crippen molar-refractivity contribution in [3.05, 3.63) is 68.7 Å². The third kappa shape index (κ3) is 7.41. The minimum absolute atomic E-state index is 0.0339. The molecule has 0 saturated carbocycles. The van der Waals surface area contributed by atoms with E-state index in [1.54, 1.807) is 17.0 Å². The normalized spacial score (nSPS) is 12.8. The maximum absolute atomic E-state index is 13.3. The summed E-state index contributed by atoms with van der Waals surface area (Å²) in [6.45, 7) is 6.13. The van der Waals surface area contributed by atoms with Crippen LogP contribution < -0.4 is 5.32 Å². The zero-order chi connectivity index (χ0) is 23.0. The van der Waals surface area contributed by atoms with Gasteiger partial charge in [0.2, 0.25) is 11.8 Å². The third-order valence-corrected chi connectivity index (χ3v) is 6.40. The zero-order valence-electron chi connectivity index (χ0n) is 18.1. The first kappa shape index (κ1) is 25.5. The smallest absolute Gasteiger partial charge is 0.243 e. The Bertz CT molecular complexity index is 904. The summed E-state index contributed by atoms with van der Waals surface area (Å²) in [6, 6.07) is 12.2. The molecule has 1 N–H and O–H groups in total. The van der Waals surface area contributed by atoms with Gasteiger partial charge in [0.1, 0.15) is 6.04 Å². The van der Waals surface area contributed by atoms with Crippen LogP contribution in [-0.2, 0) is 22.6 Å². The Morgan fingerprint density at radius 2 is 1.68 bits per heavy atom. The molecule has 0 aliphatic carbocycles. The van der Waals surface area contributed by atoms with Crippen LogP contribution >= 0.6 is 34.8 Å². The van der Waals surface area contributed by atoms with Gasteiger partial charge in [0.25, 0.3) is 0 Å². The highest BCUT2D eigenvalue weighted by molar-refractivity contribution is 6.42. The number of rotatable bonds is 10. The van der Waals surface area contributed by atoms with E-state index in [-0.39, 0.29) is 30.8 Å². The number of benzene rings is 2. The van der Waals surface area contributed by atoms with Gasteiger partial charge in [-0.1, -0.05) is 72.9 Å². The van der Waals surface area contributed by atoms with E-state index >= 15 is 0 Å². The predicted molar refractivity (Wildman–Crippen MR) is 129 cm³/mol. The number of aryl methyl sites for hydroxylation is 1. The Morgan fingerprint density at radius 1 is 0.968 bits per heavy atom. The molecule has 2 aromatic carbocycles. The molecule has 0 bridgehead atoms. The standard InChI is InChI=1S/C24H29Cl3N2O2/c1-4-16(3)28-24(31)22(5-2)29(15-17-10-12-20(26)21(27)14-17)23(30)13-11-18-8-6-7-9-19(18)25/h6-10,12,14,16,22H,4-5,11,13,15H2,1-3H3,(H,28,31)/t16-,22+/m0/s1. The van der Waals surface area contributed by atoms with E-state index in [2.05, 4.69) is 5.32 Å². The molecule has 7 heteroatoms.